The predicted molar refractivity (Wildman–Crippen MR) is 82.4 cm³/mol. The largest absolute Gasteiger partial charge is 0.424 e. The molecule has 118 valence electrons. The molecule has 6 heteroatoms. The number of rotatable bonds is 3. The van der Waals surface area contributed by atoms with Crippen LogP contribution in [-0.2, 0) is 19.5 Å². The summed E-state index contributed by atoms with van der Waals surface area (Å²) in [5.74, 6) is 2.08. The fourth-order valence-corrected chi connectivity index (χ4v) is 3.13. The lowest BCUT2D eigenvalue weighted by Crippen LogP contribution is -2.34. The summed E-state index contributed by atoms with van der Waals surface area (Å²) >= 11 is 0. The number of benzene rings is 1. The van der Waals surface area contributed by atoms with E-state index in [-0.39, 0.29) is 6.04 Å². The molecule has 2 aromatic heterocycles. The number of nitrogens with zero attached hydrogens (tertiary/aromatic N) is 4. The van der Waals surface area contributed by atoms with Gasteiger partial charge in [0.1, 0.15) is 5.76 Å². The quantitative estimate of drug-likeness (QED) is 0.741. The highest BCUT2D eigenvalue weighted by Crippen LogP contribution is 2.33. The van der Waals surface area contributed by atoms with Crippen molar-refractivity contribution in [3.8, 4) is 0 Å². The van der Waals surface area contributed by atoms with Crippen LogP contribution >= 0.6 is 0 Å². The van der Waals surface area contributed by atoms with Crippen molar-refractivity contribution in [1.82, 2.24) is 20.3 Å². The summed E-state index contributed by atoms with van der Waals surface area (Å²) in [4.78, 5) is 2.31. The maximum atomic E-state index is 5.70. The summed E-state index contributed by atoms with van der Waals surface area (Å²) in [5, 5.41) is 12.3. The fraction of sp³-hybridized carbons (Fsp3) is 0.353. The summed E-state index contributed by atoms with van der Waals surface area (Å²) in [5.41, 5.74) is 3.59. The molecule has 0 saturated carbocycles. The average Bonchev–Trinajstić information content (AvgIpc) is 3.15. The van der Waals surface area contributed by atoms with Gasteiger partial charge < -0.3 is 8.94 Å². The average molecular weight is 310 g/mol. The normalized spacial score (nSPS) is 18.1. The van der Waals surface area contributed by atoms with Crippen molar-refractivity contribution in [2.75, 3.05) is 0 Å². The molecule has 0 amide bonds. The van der Waals surface area contributed by atoms with Crippen molar-refractivity contribution in [1.29, 1.82) is 0 Å². The second kappa shape index (κ2) is 5.62. The third-order valence-corrected chi connectivity index (χ3v) is 4.21. The molecule has 0 spiro atoms. The van der Waals surface area contributed by atoms with E-state index in [4.69, 9.17) is 8.94 Å². The maximum Gasteiger partial charge on any atom is 0.233 e. The van der Waals surface area contributed by atoms with Gasteiger partial charge >= 0.3 is 0 Å². The summed E-state index contributed by atoms with van der Waals surface area (Å²) in [6.07, 6.45) is 0.856. The van der Waals surface area contributed by atoms with E-state index in [9.17, 15) is 0 Å². The van der Waals surface area contributed by atoms with E-state index >= 15 is 0 Å². The van der Waals surface area contributed by atoms with E-state index in [0.717, 1.165) is 24.4 Å². The van der Waals surface area contributed by atoms with Crippen LogP contribution in [0.3, 0.4) is 0 Å². The number of aromatic nitrogens is 3. The Morgan fingerprint density at radius 1 is 1.17 bits per heavy atom. The minimum absolute atomic E-state index is 0.0584. The topological polar surface area (TPSA) is 68.2 Å². The van der Waals surface area contributed by atoms with E-state index in [1.807, 2.05) is 19.9 Å². The molecule has 6 nitrogen and oxygen atoms in total. The summed E-state index contributed by atoms with van der Waals surface area (Å²) in [6, 6.07) is 10.5. The summed E-state index contributed by atoms with van der Waals surface area (Å²) in [6.45, 7) is 5.24. The second-order valence-corrected chi connectivity index (χ2v) is 5.98. The summed E-state index contributed by atoms with van der Waals surface area (Å²) < 4.78 is 10.9. The van der Waals surface area contributed by atoms with E-state index in [2.05, 4.69) is 44.5 Å². The van der Waals surface area contributed by atoms with Gasteiger partial charge in [-0.1, -0.05) is 29.4 Å². The summed E-state index contributed by atoms with van der Waals surface area (Å²) in [7, 11) is 0. The number of fused-ring (bicyclic) bond motifs is 1. The first-order valence-corrected chi connectivity index (χ1v) is 7.72. The molecule has 3 heterocycles. The number of hydrogen-bond acceptors (Lipinski definition) is 6. The van der Waals surface area contributed by atoms with E-state index in [0.29, 0.717) is 18.3 Å². The monoisotopic (exact) mass is 310 g/mol. The van der Waals surface area contributed by atoms with Crippen LogP contribution in [0.15, 0.2) is 39.3 Å². The molecular formula is C17H18N4O2. The van der Waals surface area contributed by atoms with Crippen molar-refractivity contribution in [3.05, 3.63) is 64.7 Å². The predicted octanol–water partition coefficient (Wildman–Crippen LogP) is 2.97. The lowest BCUT2D eigenvalue weighted by molar-refractivity contribution is 0.134. The van der Waals surface area contributed by atoms with Crippen LogP contribution in [0.1, 0.15) is 40.4 Å². The van der Waals surface area contributed by atoms with E-state index in [1.54, 1.807) is 0 Å². The zero-order valence-electron chi connectivity index (χ0n) is 13.2. The van der Waals surface area contributed by atoms with Crippen molar-refractivity contribution in [3.63, 3.8) is 0 Å². The van der Waals surface area contributed by atoms with Gasteiger partial charge in [0, 0.05) is 26.1 Å². The van der Waals surface area contributed by atoms with Gasteiger partial charge in [-0.15, -0.1) is 10.2 Å². The smallest absolute Gasteiger partial charge is 0.233 e. The van der Waals surface area contributed by atoms with Gasteiger partial charge in [-0.3, -0.25) is 4.90 Å². The van der Waals surface area contributed by atoms with Gasteiger partial charge in [-0.2, -0.15) is 0 Å². The Balaban J connectivity index is 1.68. The molecule has 0 bridgehead atoms. The van der Waals surface area contributed by atoms with Gasteiger partial charge in [-0.05, 0) is 24.5 Å². The molecule has 0 saturated heterocycles. The lowest BCUT2D eigenvalue weighted by Gasteiger charge is -2.34. The molecule has 3 aromatic rings. The van der Waals surface area contributed by atoms with Crippen molar-refractivity contribution in [2.45, 2.75) is 39.4 Å². The maximum absolute atomic E-state index is 5.70. The molecule has 0 fully saturated rings. The molecule has 0 N–H and O–H groups in total. The van der Waals surface area contributed by atoms with Crippen molar-refractivity contribution in [2.24, 2.45) is 0 Å². The molecule has 0 radical (unpaired) electrons. The first kappa shape index (κ1) is 14.1. The molecule has 1 aromatic carbocycles. The highest BCUT2D eigenvalue weighted by molar-refractivity contribution is 5.31. The Morgan fingerprint density at radius 3 is 2.70 bits per heavy atom. The van der Waals surface area contributed by atoms with E-state index in [1.165, 1.54) is 11.1 Å². The highest BCUT2D eigenvalue weighted by Gasteiger charge is 2.31. The van der Waals surface area contributed by atoms with Crippen LogP contribution in [0.25, 0.3) is 0 Å². The third-order valence-electron chi connectivity index (χ3n) is 4.21. The highest BCUT2D eigenvalue weighted by atomic mass is 16.5. The third kappa shape index (κ3) is 2.77. The fourth-order valence-electron chi connectivity index (χ4n) is 3.13. The van der Waals surface area contributed by atoms with Crippen LogP contribution in [0.5, 0.6) is 0 Å². The van der Waals surface area contributed by atoms with Crippen LogP contribution < -0.4 is 0 Å². The zero-order valence-corrected chi connectivity index (χ0v) is 13.2. The number of hydrogen-bond donors (Lipinski definition) is 0. The van der Waals surface area contributed by atoms with E-state index < -0.39 is 0 Å². The molecule has 0 aliphatic carbocycles. The standard InChI is InChI=1S/C17H18N4O2/c1-11-7-15(20-23-11)10-21-9-14-6-4-3-5-13(14)8-16(21)17-19-18-12(2)22-17/h3-7,16H,8-10H2,1-2H3/t16-/m1/s1. The van der Waals surface area contributed by atoms with Crippen LogP contribution in [0, 0.1) is 13.8 Å². The SMILES string of the molecule is Cc1cc(CN2Cc3ccccc3C[C@@H]2c2nnc(C)o2)no1. The lowest BCUT2D eigenvalue weighted by atomic mass is 9.93. The molecule has 4 rings (SSSR count). The Morgan fingerprint density at radius 2 is 2.00 bits per heavy atom. The Hall–Kier alpha value is -2.47. The molecule has 23 heavy (non-hydrogen) atoms. The van der Waals surface area contributed by atoms with Gasteiger partial charge in [-0.25, -0.2) is 0 Å². The molecule has 1 aliphatic rings. The molecule has 0 unspecified atom stereocenters. The van der Waals surface area contributed by atoms with Gasteiger partial charge in [0.15, 0.2) is 0 Å². The Bertz CT molecular complexity index is 823. The van der Waals surface area contributed by atoms with Crippen LogP contribution in [0.4, 0.5) is 0 Å². The van der Waals surface area contributed by atoms with Crippen molar-refractivity contribution < 1.29 is 8.94 Å². The van der Waals surface area contributed by atoms with Gasteiger partial charge in [0.2, 0.25) is 11.8 Å². The van der Waals surface area contributed by atoms with Crippen LogP contribution in [0.2, 0.25) is 0 Å². The minimum Gasteiger partial charge on any atom is -0.424 e. The zero-order chi connectivity index (χ0) is 15.8. The first-order valence-electron chi connectivity index (χ1n) is 7.72. The van der Waals surface area contributed by atoms with Crippen molar-refractivity contribution >= 4 is 0 Å². The molecular weight excluding hydrogens is 292 g/mol. The number of aryl methyl sites for hydroxylation is 2. The second-order valence-electron chi connectivity index (χ2n) is 5.98. The van der Waals surface area contributed by atoms with Gasteiger partial charge in [0.25, 0.3) is 0 Å². The molecule has 1 aliphatic heterocycles. The Labute approximate surface area is 134 Å². The van der Waals surface area contributed by atoms with Gasteiger partial charge in [0.05, 0.1) is 11.7 Å². The van der Waals surface area contributed by atoms with Crippen LogP contribution in [-0.4, -0.2) is 20.3 Å². The first-order chi connectivity index (χ1) is 11.2. The minimum atomic E-state index is 0.0584. The molecule has 1 atom stereocenters. The Kier molecular flexibility index (Phi) is 3.46.